The molecule has 2 heterocycles. The molecule has 1 aliphatic carbocycles. The number of pyridine rings is 1. The molecule has 0 aliphatic heterocycles. The Balaban J connectivity index is 1.74. The predicted molar refractivity (Wildman–Crippen MR) is 103 cm³/mol. The molecule has 24 heavy (non-hydrogen) atoms. The lowest BCUT2D eigenvalue weighted by Gasteiger charge is -2.10. The summed E-state index contributed by atoms with van der Waals surface area (Å²) in [5.74, 6) is 0. The molecule has 4 rings (SSSR count). The fourth-order valence-corrected chi connectivity index (χ4v) is 3.31. The minimum atomic E-state index is 0.646. The average Bonchev–Trinajstić information content (AvgIpc) is 3.04. The molecule has 3 aromatic rings. The van der Waals surface area contributed by atoms with Crippen LogP contribution in [0.4, 0.5) is 0 Å². The lowest BCUT2D eigenvalue weighted by atomic mass is 9.96. The first-order valence-corrected chi connectivity index (χ1v) is 8.40. The van der Waals surface area contributed by atoms with Crippen LogP contribution in [0.5, 0.6) is 0 Å². The molecule has 3 heteroatoms. The number of hydrogen-bond acceptors (Lipinski definition) is 1. The smallest absolute Gasteiger partial charge is 0.0897 e. The van der Waals surface area contributed by atoms with Gasteiger partial charge in [0.1, 0.15) is 0 Å². The summed E-state index contributed by atoms with van der Waals surface area (Å²) in [4.78, 5) is 7.96. The normalized spacial score (nSPS) is 14.0. The summed E-state index contributed by atoms with van der Waals surface area (Å²) >= 11 is 6.45. The standard InChI is InChI=1S/C21H17ClN2/c1-2-17-12-19-20(23-17)13-18(22)21(24-19)16-10-8-15(9-11-16)14-6-4-3-5-7-14/h2-4,6,8-13,23H,1,5,7H2. The monoisotopic (exact) mass is 332 g/mol. The third-order valence-electron chi connectivity index (χ3n) is 4.34. The molecule has 0 saturated heterocycles. The summed E-state index contributed by atoms with van der Waals surface area (Å²) in [5, 5.41) is 0.646. The molecule has 118 valence electrons. The molecular weight excluding hydrogens is 316 g/mol. The van der Waals surface area contributed by atoms with Gasteiger partial charge in [-0.05, 0) is 42.2 Å². The molecule has 1 aliphatic rings. The summed E-state index contributed by atoms with van der Waals surface area (Å²) in [7, 11) is 0. The summed E-state index contributed by atoms with van der Waals surface area (Å²) in [5.41, 5.74) is 7.23. The molecule has 0 bridgehead atoms. The third kappa shape index (κ3) is 2.70. The van der Waals surface area contributed by atoms with Crippen LogP contribution in [0.3, 0.4) is 0 Å². The number of aromatic nitrogens is 2. The van der Waals surface area contributed by atoms with E-state index >= 15 is 0 Å². The van der Waals surface area contributed by atoms with E-state index < -0.39 is 0 Å². The first-order valence-electron chi connectivity index (χ1n) is 8.03. The molecule has 0 atom stereocenters. The van der Waals surface area contributed by atoms with Gasteiger partial charge in [0.15, 0.2) is 0 Å². The molecule has 1 aromatic carbocycles. The van der Waals surface area contributed by atoms with Gasteiger partial charge in [-0.1, -0.05) is 60.7 Å². The van der Waals surface area contributed by atoms with E-state index in [2.05, 4.69) is 54.1 Å². The first-order chi connectivity index (χ1) is 11.7. The van der Waals surface area contributed by atoms with E-state index in [4.69, 9.17) is 16.6 Å². The molecule has 0 unspecified atom stereocenters. The minimum Gasteiger partial charge on any atom is -0.354 e. The van der Waals surface area contributed by atoms with Gasteiger partial charge in [0.25, 0.3) is 0 Å². The Morgan fingerprint density at radius 3 is 2.62 bits per heavy atom. The van der Waals surface area contributed by atoms with Gasteiger partial charge >= 0.3 is 0 Å². The highest BCUT2D eigenvalue weighted by Crippen LogP contribution is 2.31. The van der Waals surface area contributed by atoms with Crippen LogP contribution in [0, 0.1) is 0 Å². The van der Waals surface area contributed by atoms with Crippen LogP contribution in [0.15, 0.2) is 61.2 Å². The van der Waals surface area contributed by atoms with Crippen molar-refractivity contribution in [1.29, 1.82) is 0 Å². The number of aromatic amines is 1. The van der Waals surface area contributed by atoms with Crippen molar-refractivity contribution in [2.75, 3.05) is 0 Å². The minimum absolute atomic E-state index is 0.646. The average molecular weight is 333 g/mol. The summed E-state index contributed by atoms with van der Waals surface area (Å²) in [6.45, 7) is 3.78. The van der Waals surface area contributed by atoms with E-state index in [0.29, 0.717) is 5.02 Å². The molecule has 1 N–H and O–H groups in total. The number of nitrogens with one attached hydrogen (secondary N) is 1. The zero-order valence-corrected chi connectivity index (χ0v) is 14.0. The van der Waals surface area contributed by atoms with E-state index in [1.54, 1.807) is 6.08 Å². The Morgan fingerprint density at radius 1 is 1.12 bits per heavy atom. The molecule has 0 fully saturated rings. The summed E-state index contributed by atoms with van der Waals surface area (Å²) in [6.07, 6.45) is 10.5. The van der Waals surface area contributed by atoms with Gasteiger partial charge in [-0.3, -0.25) is 0 Å². The topological polar surface area (TPSA) is 28.7 Å². The SMILES string of the molecule is C=Cc1cc2nc(-c3ccc(C4=CC=CCC4)cc3)c(Cl)cc2[nH]1. The van der Waals surface area contributed by atoms with Crippen molar-refractivity contribution in [3.8, 4) is 11.3 Å². The number of rotatable bonds is 3. The maximum absolute atomic E-state index is 6.45. The van der Waals surface area contributed by atoms with E-state index in [-0.39, 0.29) is 0 Å². The first kappa shape index (κ1) is 15.0. The van der Waals surface area contributed by atoms with Crippen LogP contribution >= 0.6 is 11.6 Å². The molecule has 2 nitrogen and oxygen atoms in total. The molecule has 2 aromatic heterocycles. The fourth-order valence-electron chi connectivity index (χ4n) is 3.05. The van der Waals surface area contributed by atoms with E-state index in [1.807, 2.05) is 12.1 Å². The van der Waals surface area contributed by atoms with Crippen molar-refractivity contribution < 1.29 is 0 Å². The highest BCUT2D eigenvalue weighted by atomic mass is 35.5. The summed E-state index contributed by atoms with van der Waals surface area (Å²) < 4.78 is 0. The van der Waals surface area contributed by atoms with Crippen LogP contribution in [-0.2, 0) is 0 Å². The zero-order valence-electron chi connectivity index (χ0n) is 13.2. The van der Waals surface area contributed by atoms with E-state index in [1.165, 1.54) is 11.1 Å². The highest BCUT2D eigenvalue weighted by Gasteiger charge is 2.10. The Morgan fingerprint density at radius 2 is 1.92 bits per heavy atom. The van der Waals surface area contributed by atoms with Crippen molar-refractivity contribution in [3.63, 3.8) is 0 Å². The number of benzene rings is 1. The second-order valence-electron chi connectivity index (χ2n) is 5.92. The van der Waals surface area contributed by atoms with Crippen molar-refractivity contribution in [1.82, 2.24) is 9.97 Å². The van der Waals surface area contributed by atoms with E-state index in [9.17, 15) is 0 Å². The Hall–Kier alpha value is -2.58. The Kier molecular flexibility index (Phi) is 3.83. The Bertz CT molecular complexity index is 975. The van der Waals surface area contributed by atoms with Crippen molar-refractivity contribution in [2.45, 2.75) is 12.8 Å². The number of fused-ring (bicyclic) bond motifs is 1. The van der Waals surface area contributed by atoms with Crippen LogP contribution in [0.25, 0.3) is 33.9 Å². The van der Waals surface area contributed by atoms with Gasteiger partial charge in [0.2, 0.25) is 0 Å². The quantitative estimate of drug-likeness (QED) is 0.602. The van der Waals surface area contributed by atoms with Gasteiger partial charge in [-0.25, -0.2) is 4.98 Å². The lowest BCUT2D eigenvalue weighted by Crippen LogP contribution is -1.90. The predicted octanol–water partition coefficient (Wildman–Crippen LogP) is 6.26. The van der Waals surface area contributed by atoms with Gasteiger partial charge in [0, 0.05) is 11.3 Å². The van der Waals surface area contributed by atoms with Gasteiger partial charge in [-0.15, -0.1) is 0 Å². The van der Waals surface area contributed by atoms with Crippen molar-refractivity contribution in [2.24, 2.45) is 0 Å². The molecule has 0 radical (unpaired) electrons. The fraction of sp³-hybridized carbons (Fsp3) is 0.0952. The van der Waals surface area contributed by atoms with Gasteiger partial charge < -0.3 is 4.98 Å². The molecule has 0 amide bonds. The highest BCUT2D eigenvalue weighted by molar-refractivity contribution is 6.33. The van der Waals surface area contributed by atoms with E-state index in [0.717, 1.165) is 40.8 Å². The summed E-state index contributed by atoms with van der Waals surface area (Å²) in [6, 6.07) is 12.4. The maximum atomic E-state index is 6.45. The molecule has 0 saturated carbocycles. The van der Waals surface area contributed by atoms with Crippen LogP contribution < -0.4 is 0 Å². The van der Waals surface area contributed by atoms with Crippen LogP contribution in [0.1, 0.15) is 24.1 Å². The zero-order chi connectivity index (χ0) is 16.5. The number of halogens is 1. The number of nitrogens with zero attached hydrogens (tertiary/aromatic N) is 1. The number of allylic oxidation sites excluding steroid dienone is 4. The van der Waals surface area contributed by atoms with Crippen LogP contribution in [0.2, 0.25) is 5.02 Å². The second-order valence-corrected chi connectivity index (χ2v) is 6.32. The number of hydrogen-bond donors (Lipinski definition) is 1. The number of H-pyrrole nitrogens is 1. The second kappa shape index (κ2) is 6.14. The Labute approximate surface area is 146 Å². The van der Waals surface area contributed by atoms with Gasteiger partial charge in [0.05, 0.1) is 21.7 Å². The molecule has 0 spiro atoms. The molecular formula is C21H17ClN2. The maximum Gasteiger partial charge on any atom is 0.0897 e. The van der Waals surface area contributed by atoms with Crippen molar-refractivity contribution >= 4 is 34.3 Å². The largest absolute Gasteiger partial charge is 0.354 e. The van der Waals surface area contributed by atoms with Gasteiger partial charge in [-0.2, -0.15) is 0 Å². The van der Waals surface area contributed by atoms with Crippen LogP contribution in [-0.4, -0.2) is 9.97 Å². The van der Waals surface area contributed by atoms with Crippen molar-refractivity contribution in [3.05, 3.63) is 77.5 Å². The third-order valence-corrected chi connectivity index (χ3v) is 4.63. The lowest BCUT2D eigenvalue weighted by molar-refractivity contribution is 1.05.